The van der Waals surface area contributed by atoms with Crippen molar-refractivity contribution in [3.63, 3.8) is 0 Å². The summed E-state index contributed by atoms with van der Waals surface area (Å²) in [6, 6.07) is 24.7. The lowest BCUT2D eigenvalue weighted by Gasteiger charge is -2.10. The molecule has 0 saturated heterocycles. The van der Waals surface area contributed by atoms with Crippen LogP contribution in [0.15, 0.2) is 94.4 Å². The number of hydrogen-bond donors (Lipinski definition) is 1. The zero-order valence-electron chi connectivity index (χ0n) is 24.4. The van der Waals surface area contributed by atoms with E-state index < -0.39 is 10.8 Å². The van der Waals surface area contributed by atoms with Gasteiger partial charge in [-0.3, -0.25) is 14.9 Å². The Bertz CT molecular complexity index is 1870. The molecule has 0 atom stereocenters. The molecule has 6 rings (SSSR count). The maximum Gasteiger partial charge on any atom is 0.311 e. The Morgan fingerprint density at radius 3 is 2.49 bits per heavy atom. The average molecular weight is 609 g/mol. The van der Waals surface area contributed by atoms with Crippen LogP contribution in [0.1, 0.15) is 38.8 Å². The van der Waals surface area contributed by atoms with E-state index in [1.54, 1.807) is 30.3 Å². The lowest BCUT2D eigenvalue weighted by Crippen LogP contribution is -2.16. The van der Waals surface area contributed by atoms with Crippen LogP contribution < -0.4 is 24.4 Å². The Labute approximate surface area is 257 Å². The molecule has 12 heteroatoms. The molecule has 0 spiro atoms. The number of aromatic nitrogens is 1. The normalized spacial score (nSPS) is 12.0. The van der Waals surface area contributed by atoms with Gasteiger partial charge in [0, 0.05) is 28.7 Å². The fourth-order valence-corrected chi connectivity index (χ4v) is 4.79. The van der Waals surface area contributed by atoms with E-state index in [1.165, 1.54) is 24.4 Å². The molecule has 0 saturated carbocycles. The standard InChI is InChI=1S/C33H28N4O8/c1-21-3-4-22(2)36(21)25-7-9-26(10-8-25)41-19-27-11-14-31(45-27)33(38)35-34-17-23-5-12-29(28(15-23)37(39)40)42-18-24-6-13-30-32(16-24)44-20-43-30/h3-17H,18-20H2,1-2H3,(H,35,38)/b34-17+. The van der Waals surface area contributed by atoms with Crippen molar-refractivity contribution in [2.75, 3.05) is 6.79 Å². The van der Waals surface area contributed by atoms with Crippen LogP contribution in [0.3, 0.4) is 0 Å². The molecule has 1 aliphatic rings. The number of nitrogens with one attached hydrogen (secondary N) is 1. The first-order valence-corrected chi connectivity index (χ1v) is 13.9. The van der Waals surface area contributed by atoms with Crippen molar-refractivity contribution in [3.8, 4) is 28.7 Å². The predicted octanol–water partition coefficient (Wildman–Crippen LogP) is 6.25. The van der Waals surface area contributed by atoms with Crippen molar-refractivity contribution < 1.29 is 33.1 Å². The number of aryl methyl sites for hydroxylation is 2. The number of ether oxygens (including phenoxy) is 4. The molecule has 12 nitrogen and oxygen atoms in total. The fourth-order valence-electron chi connectivity index (χ4n) is 4.79. The summed E-state index contributed by atoms with van der Waals surface area (Å²) in [6.07, 6.45) is 1.29. The van der Waals surface area contributed by atoms with Crippen molar-refractivity contribution in [1.29, 1.82) is 0 Å². The number of fused-ring (bicyclic) bond motifs is 1. The van der Waals surface area contributed by atoms with E-state index in [2.05, 4.69) is 41.1 Å². The van der Waals surface area contributed by atoms with Crippen LogP contribution in [0.5, 0.6) is 23.0 Å². The summed E-state index contributed by atoms with van der Waals surface area (Å²) >= 11 is 0. The number of amides is 1. The molecule has 3 heterocycles. The van der Waals surface area contributed by atoms with Crippen LogP contribution in [-0.2, 0) is 13.2 Å². The minimum atomic E-state index is -0.586. The van der Waals surface area contributed by atoms with Gasteiger partial charge in [-0.1, -0.05) is 6.07 Å². The third-order valence-corrected chi connectivity index (χ3v) is 7.02. The van der Waals surface area contributed by atoms with E-state index in [4.69, 9.17) is 23.4 Å². The second-order valence-electron chi connectivity index (χ2n) is 10.2. The minimum absolute atomic E-state index is 0.0397. The van der Waals surface area contributed by atoms with Gasteiger partial charge in [-0.2, -0.15) is 5.10 Å². The monoisotopic (exact) mass is 608 g/mol. The van der Waals surface area contributed by atoms with Crippen molar-refractivity contribution in [1.82, 2.24) is 9.99 Å². The number of carbonyl (C=O) groups is 1. The van der Waals surface area contributed by atoms with E-state index in [0.29, 0.717) is 28.6 Å². The molecule has 0 bridgehead atoms. The zero-order valence-corrected chi connectivity index (χ0v) is 24.4. The molecule has 1 aliphatic heterocycles. The summed E-state index contributed by atoms with van der Waals surface area (Å²) in [5.74, 6) is 1.89. The van der Waals surface area contributed by atoms with Gasteiger partial charge >= 0.3 is 11.6 Å². The zero-order chi connectivity index (χ0) is 31.3. The smallest absolute Gasteiger partial charge is 0.311 e. The third-order valence-electron chi connectivity index (χ3n) is 7.02. The van der Waals surface area contributed by atoms with E-state index in [0.717, 1.165) is 22.6 Å². The third kappa shape index (κ3) is 6.64. The van der Waals surface area contributed by atoms with Gasteiger partial charge in [0.1, 0.15) is 24.7 Å². The molecule has 0 unspecified atom stereocenters. The van der Waals surface area contributed by atoms with Crippen LogP contribution in [0.4, 0.5) is 5.69 Å². The van der Waals surface area contributed by atoms with Gasteiger partial charge in [-0.25, -0.2) is 5.43 Å². The molecule has 3 aromatic carbocycles. The molecule has 1 N–H and O–H groups in total. The van der Waals surface area contributed by atoms with Crippen LogP contribution >= 0.6 is 0 Å². The number of benzene rings is 3. The van der Waals surface area contributed by atoms with Gasteiger partial charge < -0.3 is 27.9 Å². The van der Waals surface area contributed by atoms with Gasteiger partial charge in [0.25, 0.3) is 0 Å². The Morgan fingerprint density at radius 2 is 1.71 bits per heavy atom. The average Bonchev–Trinajstić information content (AvgIpc) is 3.79. The molecule has 2 aromatic heterocycles. The molecule has 228 valence electrons. The summed E-state index contributed by atoms with van der Waals surface area (Å²) in [6.45, 7) is 4.48. The number of furan rings is 1. The topological polar surface area (TPSA) is 140 Å². The highest BCUT2D eigenvalue weighted by Crippen LogP contribution is 2.34. The van der Waals surface area contributed by atoms with E-state index >= 15 is 0 Å². The fraction of sp³-hybridized carbons (Fsp3) is 0.152. The maximum atomic E-state index is 12.5. The summed E-state index contributed by atoms with van der Waals surface area (Å²) in [7, 11) is 0. The number of nitro groups is 1. The lowest BCUT2D eigenvalue weighted by molar-refractivity contribution is -0.385. The Morgan fingerprint density at radius 1 is 0.933 bits per heavy atom. The predicted molar refractivity (Wildman–Crippen MR) is 163 cm³/mol. The highest BCUT2D eigenvalue weighted by molar-refractivity contribution is 5.92. The molecule has 5 aromatic rings. The number of hydrazone groups is 1. The number of hydrogen-bond acceptors (Lipinski definition) is 9. The summed E-state index contributed by atoms with van der Waals surface area (Å²) in [4.78, 5) is 23.7. The first-order valence-electron chi connectivity index (χ1n) is 13.9. The van der Waals surface area contributed by atoms with Gasteiger partial charge in [0.15, 0.2) is 23.0 Å². The maximum absolute atomic E-state index is 12.5. The molecule has 0 aliphatic carbocycles. The van der Waals surface area contributed by atoms with Crippen molar-refractivity contribution in [2.24, 2.45) is 5.10 Å². The SMILES string of the molecule is Cc1ccc(C)n1-c1ccc(OCc2ccc(C(=O)N/N=C/c3ccc(OCc4ccc5c(c4)OCO5)c([N+](=O)[O-])c3)o2)cc1. The second kappa shape index (κ2) is 12.7. The van der Waals surface area contributed by atoms with Crippen LogP contribution in [-0.4, -0.2) is 28.4 Å². The number of carbonyl (C=O) groups excluding carboxylic acids is 1. The number of rotatable bonds is 11. The van der Waals surface area contributed by atoms with Gasteiger partial charge in [0.05, 0.1) is 11.1 Å². The summed E-state index contributed by atoms with van der Waals surface area (Å²) < 4.78 is 29.9. The first kappa shape index (κ1) is 29.1. The Kier molecular flexibility index (Phi) is 8.18. The van der Waals surface area contributed by atoms with Crippen molar-refractivity contribution in [2.45, 2.75) is 27.1 Å². The summed E-state index contributed by atoms with van der Waals surface area (Å²) in [5.41, 5.74) is 6.60. The van der Waals surface area contributed by atoms with Crippen molar-refractivity contribution in [3.05, 3.63) is 129 Å². The molecule has 0 radical (unpaired) electrons. The molecular formula is C33H28N4O8. The Hall–Kier alpha value is -6.04. The molecule has 45 heavy (non-hydrogen) atoms. The first-order chi connectivity index (χ1) is 21.8. The molecular weight excluding hydrogens is 580 g/mol. The molecule has 1 amide bonds. The van der Waals surface area contributed by atoms with E-state index in [9.17, 15) is 14.9 Å². The quantitative estimate of drug-likeness (QED) is 0.106. The van der Waals surface area contributed by atoms with Gasteiger partial charge in [0.2, 0.25) is 6.79 Å². The number of nitro benzene ring substituents is 1. The largest absolute Gasteiger partial charge is 0.486 e. The second-order valence-corrected chi connectivity index (χ2v) is 10.2. The van der Waals surface area contributed by atoms with Crippen LogP contribution in [0.2, 0.25) is 0 Å². The van der Waals surface area contributed by atoms with Gasteiger partial charge in [-0.15, -0.1) is 0 Å². The Balaban J connectivity index is 1.01. The number of nitrogens with zero attached hydrogens (tertiary/aromatic N) is 3. The summed E-state index contributed by atoms with van der Waals surface area (Å²) in [5, 5.41) is 15.6. The molecule has 0 fully saturated rings. The van der Waals surface area contributed by atoms with E-state index in [-0.39, 0.29) is 37.2 Å². The van der Waals surface area contributed by atoms with Gasteiger partial charge in [-0.05, 0) is 92.2 Å². The lowest BCUT2D eigenvalue weighted by atomic mass is 10.2. The highest BCUT2D eigenvalue weighted by atomic mass is 16.7. The van der Waals surface area contributed by atoms with Crippen LogP contribution in [0.25, 0.3) is 5.69 Å². The highest BCUT2D eigenvalue weighted by Gasteiger charge is 2.18. The van der Waals surface area contributed by atoms with E-state index in [1.807, 2.05) is 24.3 Å². The van der Waals surface area contributed by atoms with Crippen LogP contribution in [0, 0.1) is 24.0 Å². The van der Waals surface area contributed by atoms with Crippen molar-refractivity contribution >= 4 is 17.8 Å². The minimum Gasteiger partial charge on any atom is -0.486 e.